The van der Waals surface area contributed by atoms with Crippen LogP contribution in [0.15, 0.2) is 30.3 Å². The van der Waals surface area contributed by atoms with E-state index in [0.29, 0.717) is 6.04 Å². The number of para-hydroxylation sites is 1. The van der Waals surface area contributed by atoms with Gasteiger partial charge in [0.15, 0.2) is 0 Å². The molecule has 2 fully saturated rings. The topological polar surface area (TPSA) is 31.1 Å². The third-order valence-corrected chi connectivity index (χ3v) is 4.62. The molecule has 2 saturated heterocycles. The molecule has 2 aliphatic rings. The van der Waals surface area contributed by atoms with Gasteiger partial charge in [0.2, 0.25) is 0 Å². The molecule has 3 nitrogen and oxygen atoms in total. The normalized spacial score (nSPS) is 31.2. The van der Waals surface area contributed by atoms with Crippen LogP contribution in [0, 0.1) is 0 Å². The molecule has 2 unspecified atom stereocenters. The number of aromatic nitrogens is 1. The average Bonchev–Trinajstić information content (AvgIpc) is 2.86. The molecule has 2 N–H and O–H groups in total. The van der Waals surface area contributed by atoms with Crippen molar-refractivity contribution < 1.29 is 0 Å². The van der Waals surface area contributed by atoms with Crippen LogP contribution in [-0.4, -0.2) is 29.7 Å². The predicted octanol–water partition coefficient (Wildman–Crippen LogP) is 2.50. The quantitative estimate of drug-likeness (QED) is 0.803. The summed E-state index contributed by atoms with van der Waals surface area (Å²) in [6, 6.07) is 11.5. The van der Waals surface area contributed by atoms with Crippen LogP contribution in [0.4, 0.5) is 5.82 Å². The van der Waals surface area contributed by atoms with E-state index in [9.17, 15) is 0 Å². The van der Waals surface area contributed by atoms with Gasteiger partial charge in [0.1, 0.15) is 5.82 Å². The van der Waals surface area contributed by atoms with E-state index in [1.165, 1.54) is 29.6 Å². The van der Waals surface area contributed by atoms with Crippen LogP contribution < -0.4 is 10.2 Å². The molecule has 2 bridgehead atoms. The summed E-state index contributed by atoms with van der Waals surface area (Å²) in [5.74, 6) is 1.29. The van der Waals surface area contributed by atoms with E-state index in [2.05, 4.69) is 52.5 Å². The number of hydrogen-bond donors (Lipinski definition) is 2. The second kappa shape index (κ2) is 3.51. The Kier molecular flexibility index (Phi) is 2.04. The zero-order valence-electron chi connectivity index (χ0n) is 10.7. The molecule has 0 saturated carbocycles. The van der Waals surface area contributed by atoms with Gasteiger partial charge in [0.25, 0.3) is 0 Å². The van der Waals surface area contributed by atoms with Gasteiger partial charge in [-0.1, -0.05) is 18.2 Å². The van der Waals surface area contributed by atoms with Gasteiger partial charge in [0.05, 0.1) is 5.54 Å². The van der Waals surface area contributed by atoms with Gasteiger partial charge >= 0.3 is 0 Å². The summed E-state index contributed by atoms with van der Waals surface area (Å²) in [6.07, 6.45) is 2.60. The molecule has 2 atom stereocenters. The van der Waals surface area contributed by atoms with E-state index in [4.69, 9.17) is 0 Å². The lowest BCUT2D eigenvalue weighted by molar-refractivity contribution is 0.376. The standard InChI is InChI=1S/C15H19N3/c1-15-7-6-12(9-16-10-15)18(15)14-8-11-4-2-3-5-13(11)17-14/h2-5,8,12,16-17H,6-7,9-10H2,1H3. The minimum Gasteiger partial charge on any atom is -0.347 e. The second-order valence-electron chi connectivity index (χ2n) is 5.93. The highest BCUT2D eigenvalue weighted by Gasteiger charge is 2.45. The Labute approximate surface area is 107 Å². The van der Waals surface area contributed by atoms with Crippen molar-refractivity contribution in [2.24, 2.45) is 0 Å². The second-order valence-corrected chi connectivity index (χ2v) is 5.93. The fourth-order valence-electron chi connectivity index (χ4n) is 3.72. The van der Waals surface area contributed by atoms with Crippen LogP contribution >= 0.6 is 0 Å². The predicted molar refractivity (Wildman–Crippen MR) is 75.1 cm³/mol. The first-order valence-electron chi connectivity index (χ1n) is 6.84. The van der Waals surface area contributed by atoms with Crippen LogP contribution in [0.1, 0.15) is 19.8 Å². The zero-order valence-corrected chi connectivity index (χ0v) is 10.7. The van der Waals surface area contributed by atoms with Crippen molar-refractivity contribution in [3.8, 4) is 0 Å². The number of piperazine rings is 1. The first kappa shape index (κ1) is 10.4. The fraction of sp³-hybridized carbons (Fsp3) is 0.467. The minimum absolute atomic E-state index is 0.282. The monoisotopic (exact) mass is 241 g/mol. The number of anilines is 1. The summed E-state index contributed by atoms with van der Waals surface area (Å²) in [4.78, 5) is 6.20. The van der Waals surface area contributed by atoms with Crippen molar-refractivity contribution in [3.63, 3.8) is 0 Å². The zero-order chi connectivity index (χ0) is 12.2. The van der Waals surface area contributed by atoms with Crippen LogP contribution in [0.2, 0.25) is 0 Å². The van der Waals surface area contributed by atoms with Crippen molar-refractivity contribution in [3.05, 3.63) is 30.3 Å². The first-order valence-corrected chi connectivity index (χ1v) is 6.84. The van der Waals surface area contributed by atoms with Gasteiger partial charge in [-0.05, 0) is 31.9 Å². The van der Waals surface area contributed by atoms with E-state index in [0.717, 1.165) is 13.1 Å². The minimum atomic E-state index is 0.282. The maximum atomic E-state index is 3.59. The highest BCUT2D eigenvalue weighted by Crippen LogP contribution is 2.40. The van der Waals surface area contributed by atoms with Crippen LogP contribution in [-0.2, 0) is 0 Å². The lowest BCUT2D eigenvalue weighted by Gasteiger charge is -2.43. The molecule has 4 rings (SSSR count). The number of fused-ring (bicyclic) bond motifs is 3. The number of nitrogens with zero attached hydrogens (tertiary/aromatic N) is 1. The molecule has 2 aliphatic heterocycles. The maximum Gasteiger partial charge on any atom is 0.107 e. The van der Waals surface area contributed by atoms with Crippen LogP contribution in [0.25, 0.3) is 10.9 Å². The van der Waals surface area contributed by atoms with Crippen molar-refractivity contribution in [2.75, 3.05) is 18.0 Å². The Morgan fingerprint density at radius 1 is 1.33 bits per heavy atom. The SMILES string of the molecule is CC12CCC(CNC1)N2c1cc2ccccc2[nH]1. The highest BCUT2D eigenvalue weighted by atomic mass is 15.3. The average molecular weight is 241 g/mol. The molecule has 18 heavy (non-hydrogen) atoms. The number of H-pyrrole nitrogens is 1. The fourth-order valence-corrected chi connectivity index (χ4v) is 3.72. The molecular formula is C15H19N3. The van der Waals surface area contributed by atoms with Gasteiger partial charge in [-0.2, -0.15) is 0 Å². The van der Waals surface area contributed by atoms with E-state index in [-0.39, 0.29) is 5.54 Å². The van der Waals surface area contributed by atoms with E-state index in [1.807, 2.05) is 0 Å². The van der Waals surface area contributed by atoms with Gasteiger partial charge < -0.3 is 15.2 Å². The van der Waals surface area contributed by atoms with Crippen LogP contribution in [0.5, 0.6) is 0 Å². The van der Waals surface area contributed by atoms with Gasteiger partial charge in [-0.25, -0.2) is 0 Å². The number of hydrogen-bond acceptors (Lipinski definition) is 2. The summed E-state index contributed by atoms with van der Waals surface area (Å²) in [7, 11) is 0. The molecule has 1 aromatic carbocycles. The van der Waals surface area contributed by atoms with Crippen LogP contribution in [0.3, 0.4) is 0 Å². The third-order valence-electron chi connectivity index (χ3n) is 4.62. The number of nitrogens with one attached hydrogen (secondary N) is 2. The summed E-state index contributed by atoms with van der Waals surface area (Å²) in [5, 5.41) is 4.88. The molecule has 1 aromatic heterocycles. The van der Waals surface area contributed by atoms with Gasteiger partial charge in [-0.15, -0.1) is 0 Å². The molecule has 3 heterocycles. The third kappa shape index (κ3) is 1.34. The molecule has 0 radical (unpaired) electrons. The maximum absolute atomic E-state index is 3.59. The number of benzene rings is 1. The Morgan fingerprint density at radius 3 is 3.06 bits per heavy atom. The largest absolute Gasteiger partial charge is 0.347 e. The molecule has 0 aliphatic carbocycles. The summed E-state index contributed by atoms with van der Waals surface area (Å²) >= 11 is 0. The van der Waals surface area contributed by atoms with Gasteiger partial charge in [0, 0.05) is 30.0 Å². The molecule has 94 valence electrons. The molecular weight excluding hydrogens is 222 g/mol. The smallest absolute Gasteiger partial charge is 0.107 e. The van der Waals surface area contributed by atoms with Crippen molar-refractivity contribution in [1.29, 1.82) is 0 Å². The first-order chi connectivity index (χ1) is 8.76. The highest BCUT2D eigenvalue weighted by molar-refractivity contribution is 5.84. The van der Waals surface area contributed by atoms with Crippen molar-refractivity contribution in [2.45, 2.75) is 31.3 Å². The van der Waals surface area contributed by atoms with E-state index < -0.39 is 0 Å². The van der Waals surface area contributed by atoms with E-state index >= 15 is 0 Å². The number of aromatic amines is 1. The summed E-state index contributed by atoms with van der Waals surface area (Å²) < 4.78 is 0. The van der Waals surface area contributed by atoms with E-state index in [1.54, 1.807) is 0 Å². The molecule has 3 heteroatoms. The lowest BCUT2D eigenvalue weighted by atomic mass is 9.99. The number of rotatable bonds is 1. The summed E-state index contributed by atoms with van der Waals surface area (Å²) in [6.45, 7) is 4.59. The van der Waals surface area contributed by atoms with Crippen molar-refractivity contribution in [1.82, 2.24) is 10.3 Å². The van der Waals surface area contributed by atoms with Crippen molar-refractivity contribution >= 4 is 16.7 Å². The Hall–Kier alpha value is -1.48. The Bertz CT molecular complexity index is 551. The Morgan fingerprint density at radius 2 is 2.22 bits per heavy atom. The molecule has 0 spiro atoms. The van der Waals surface area contributed by atoms with Gasteiger partial charge in [-0.3, -0.25) is 0 Å². The summed E-state index contributed by atoms with van der Waals surface area (Å²) in [5.41, 5.74) is 1.53. The Balaban J connectivity index is 1.82. The lowest BCUT2D eigenvalue weighted by Crippen LogP contribution is -2.59. The molecule has 0 amide bonds. The molecule has 2 aromatic rings.